The zero-order valence-electron chi connectivity index (χ0n) is 37.5. The molecule has 6 heteroatoms. The maximum atomic E-state index is 6.65. The van der Waals surface area contributed by atoms with E-state index in [0.717, 1.165) is 127 Å². The number of pyridine rings is 1. The molecule has 0 N–H and O–H groups in total. The molecule has 0 radical (unpaired) electrons. The summed E-state index contributed by atoms with van der Waals surface area (Å²) in [5.41, 5.74) is 15.4. The predicted molar refractivity (Wildman–Crippen MR) is 285 cm³/mol. The van der Waals surface area contributed by atoms with E-state index in [2.05, 4.69) is 170 Å². The van der Waals surface area contributed by atoms with E-state index in [9.17, 15) is 0 Å². The van der Waals surface area contributed by atoms with E-state index in [1.54, 1.807) is 0 Å². The molecule has 0 aliphatic heterocycles. The topological polar surface area (TPSA) is 77.8 Å². The smallest absolute Gasteiger partial charge is 0.164 e. The summed E-state index contributed by atoms with van der Waals surface area (Å²) in [6, 6.07) is 79.7. The molecule has 326 valence electrons. The van der Waals surface area contributed by atoms with E-state index in [1.807, 2.05) is 60.7 Å². The van der Waals surface area contributed by atoms with Gasteiger partial charge in [0.25, 0.3) is 0 Å². The van der Waals surface area contributed by atoms with Crippen molar-refractivity contribution in [3.8, 4) is 78.8 Å². The standard InChI is InChI=1S/C64H38N4O2/c1-3-16-40(17-4-1)57-58-50-25-7-10-29-53(50)65-60(52(58)38-56-59(57)51-26-9-12-31-55(51)69-56)45-22-13-20-43(36-45)44-21-14-23-46(37-44)64-67-62(41-18-5-2-6-19-41)66-63(68-64)42-34-32-39(33-35-42)47-27-15-28-49-48-24-8-11-30-54(48)70-61(47)49/h1-38H. The van der Waals surface area contributed by atoms with Crippen molar-refractivity contribution < 1.29 is 8.83 Å². The van der Waals surface area contributed by atoms with Crippen LogP contribution in [0.25, 0.3) is 144 Å². The van der Waals surface area contributed by atoms with Crippen LogP contribution in [0.1, 0.15) is 0 Å². The minimum atomic E-state index is 0.587. The number of furan rings is 2. The molecule has 4 heterocycles. The number of nitrogens with zero attached hydrogens (tertiary/aromatic N) is 4. The highest BCUT2D eigenvalue weighted by atomic mass is 16.3. The van der Waals surface area contributed by atoms with Gasteiger partial charge in [-0.3, -0.25) is 0 Å². The SMILES string of the molecule is c1ccc(-c2nc(-c3ccc(-c4cccc5c4oc4ccccc45)cc3)nc(-c3cccc(-c4cccc(-c5nc6ccccc6c6c(-c7ccccc7)c7c(cc56)oc5ccccc57)c4)c3)n2)cc1. The average molecular weight is 895 g/mol. The van der Waals surface area contributed by atoms with Gasteiger partial charge in [0, 0.05) is 71.1 Å². The first kappa shape index (κ1) is 39.6. The van der Waals surface area contributed by atoms with Crippen LogP contribution in [0.15, 0.2) is 239 Å². The Hall–Kier alpha value is -9.52. The van der Waals surface area contributed by atoms with Gasteiger partial charge in [0.05, 0.1) is 11.2 Å². The Bertz CT molecular complexity index is 4350. The van der Waals surface area contributed by atoms with Gasteiger partial charge in [0.2, 0.25) is 0 Å². The molecule has 0 bridgehead atoms. The van der Waals surface area contributed by atoms with Gasteiger partial charge >= 0.3 is 0 Å². The minimum absolute atomic E-state index is 0.587. The highest BCUT2D eigenvalue weighted by Gasteiger charge is 2.22. The van der Waals surface area contributed by atoms with E-state index in [0.29, 0.717) is 17.5 Å². The van der Waals surface area contributed by atoms with Crippen molar-refractivity contribution in [1.29, 1.82) is 0 Å². The number of para-hydroxylation sites is 4. The summed E-state index contributed by atoms with van der Waals surface area (Å²) in [6.45, 7) is 0. The predicted octanol–water partition coefficient (Wildman–Crippen LogP) is 17.0. The van der Waals surface area contributed by atoms with Crippen LogP contribution in [0.4, 0.5) is 0 Å². The van der Waals surface area contributed by atoms with E-state index in [1.165, 1.54) is 0 Å². The molecule has 70 heavy (non-hydrogen) atoms. The highest BCUT2D eigenvalue weighted by molar-refractivity contribution is 6.27. The van der Waals surface area contributed by atoms with E-state index in [-0.39, 0.29) is 0 Å². The summed E-state index contributed by atoms with van der Waals surface area (Å²) in [5, 5.41) is 7.68. The molecule has 0 unspecified atom stereocenters. The summed E-state index contributed by atoms with van der Waals surface area (Å²) in [5.74, 6) is 1.78. The van der Waals surface area contributed by atoms with Crippen LogP contribution in [0.3, 0.4) is 0 Å². The Morgan fingerprint density at radius 3 is 1.53 bits per heavy atom. The molecule has 0 saturated carbocycles. The van der Waals surface area contributed by atoms with Crippen molar-refractivity contribution >= 4 is 65.6 Å². The first-order valence-electron chi connectivity index (χ1n) is 23.4. The summed E-state index contributed by atoms with van der Waals surface area (Å²) in [7, 11) is 0. The molecular formula is C64H38N4O2. The Labute approximate surface area is 401 Å². The van der Waals surface area contributed by atoms with Crippen molar-refractivity contribution in [2.24, 2.45) is 0 Å². The number of benzene rings is 10. The fourth-order valence-electron chi connectivity index (χ4n) is 10.2. The van der Waals surface area contributed by atoms with Crippen LogP contribution in [-0.4, -0.2) is 19.9 Å². The lowest BCUT2D eigenvalue weighted by molar-refractivity contribution is 0.669. The molecule has 10 aromatic carbocycles. The zero-order chi connectivity index (χ0) is 46.1. The molecule has 14 aromatic rings. The van der Waals surface area contributed by atoms with Crippen LogP contribution < -0.4 is 0 Å². The van der Waals surface area contributed by atoms with Gasteiger partial charge in [-0.1, -0.05) is 194 Å². The normalized spacial score (nSPS) is 11.7. The number of rotatable bonds is 7. The van der Waals surface area contributed by atoms with Gasteiger partial charge in [-0.2, -0.15) is 0 Å². The lowest BCUT2D eigenvalue weighted by Gasteiger charge is -2.16. The van der Waals surface area contributed by atoms with Gasteiger partial charge in [0.15, 0.2) is 17.5 Å². The molecular weight excluding hydrogens is 857 g/mol. The highest BCUT2D eigenvalue weighted by Crippen LogP contribution is 2.47. The van der Waals surface area contributed by atoms with E-state index >= 15 is 0 Å². The number of hydrogen-bond acceptors (Lipinski definition) is 6. The van der Waals surface area contributed by atoms with Crippen molar-refractivity contribution in [2.45, 2.75) is 0 Å². The molecule has 0 aliphatic carbocycles. The zero-order valence-corrected chi connectivity index (χ0v) is 37.5. The minimum Gasteiger partial charge on any atom is -0.456 e. The second-order valence-electron chi connectivity index (χ2n) is 17.7. The van der Waals surface area contributed by atoms with Gasteiger partial charge < -0.3 is 8.83 Å². The second-order valence-corrected chi connectivity index (χ2v) is 17.7. The first-order chi connectivity index (χ1) is 34.7. The first-order valence-corrected chi connectivity index (χ1v) is 23.4. The third kappa shape index (κ3) is 6.57. The molecule has 0 saturated heterocycles. The fraction of sp³-hybridized carbons (Fsp3) is 0. The van der Waals surface area contributed by atoms with Crippen molar-refractivity contribution in [1.82, 2.24) is 19.9 Å². The molecule has 0 amide bonds. The van der Waals surface area contributed by atoms with Crippen molar-refractivity contribution in [3.63, 3.8) is 0 Å². The Balaban J connectivity index is 0.885. The number of aromatic nitrogens is 4. The van der Waals surface area contributed by atoms with Crippen LogP contribution in [0.2, 0.25) is 0 Å². The largest absolute Gasteiger partial charge is 0.456 e. The van der Waals surface area contributed by atoms with E-state index < -0.39 is 0 Å². The third-order valence-electron chi connectivity index (χ3n) is 13.5. The Morgan fingerprint density at radius 1 is 0.271 bits per heavy atom. The summed E-state index contributed by atoms with van der Waals surface area (Å²) < 4.78 is 13.0. The third-order valence-corrected chi connectivity index (χ3v) is 13.5. The summed E-state index contributed by atoms with van der Waals surface area (Å²) in [6.07, 6.45) is 0. The molecule has 0 fully saturated rings. The van der Waals surface area contributed by atoms with Crippen LogP contribution >= 0.6 is 0 Å². The maximum absolute atomic E-state index is 6.65. The lowest BCUT2D eigenvalue weighted by atomic mass is 9.89. The maximum Gasteiger partial charge on any atom is 0.164 e. The van der Waals surface area contributed by atoms with E-state index in [4.69, 9.17) is 28.8 Å². The van der Waals surface area contributed by atoms with Crippen LogP contribution in [0.5, 0.6) is 0 Å². The van der Waals surface area contributed by atoms with Gasteiger partial charge in [-0.25, -0.2) is 19.9 Å². The molecule has 0 atom stereocenters. The molecule has 0 aliphatic rings. The lowest BCUT2D eigenvalue weighted by Crippen LogP contribution is -2.00. The Morgan fingerprint density at radius 2 is 0.786 bits per heavy atom. The van der Waals surface area contributed by atoms with Gasteiger partial charge in [-0.05, 0) is 58.7 Å². The number of fused-ring (bicyclic) bond motifs is 9. The van der Waals surface area contributed by atoms with Crippen LogP contribution in [-0.2, 0) is 0 Å². The summed E-state index contributed by atoms with van der Waals surface area (Å²) in [4.78, 5) is 20.7. The van der Waals surface area contributed by atoms with Crippen molar-refractivity contribution in [2.75, 3.05) is 0 Å². The molecule has 6 nitrogen and oxygen atoms in total. The molecule has 14 rings (SSSR count). The monoisotopic (exact) mass is 894 g/mol. The Kier molecular flexibility index (Phi) is 9.10. The fourth-order valence-corrected chi connectivity index (χ4v) is 10.2. The second kappa shape index (κ2) is 16.1. The van der Waals surface area contributed by atoms with Gasteiger partial charge in [-0.15, -0.1) is 0 Å². The van der Waals surface area contributed by atoms with Crippen molar-refractivity contribution in [3.05, 3.63) is 231 Å². The average Bonchev–Trinajstić information content (AvgIpc) is 4.01. The summed E-state index contributed by atoms with van der Waals surface area (Å²) >= 11 is 0. The molecule has 0 spiro atoms. The quantitative estimate of drug-likeness (QED) is 0.148. The number of hydrogen-bond donors (Lipinski definition) is 0. The van der Waals surface area contributed by atoms with Crippen LogP contribution in [0, 0.1) is 0 Å². The van der Waals surface area contributed by atoms with Gasteiger partial charge in [0.1, 0.15) is 22.3 Å². The molecule has 4 aromatic heterocycles.